The molecule has 4 heteroatoms. The fourth-order valence-corrected chi connectivity index (χ4v) is 2.38. The van der Waals surface area contributed by atoms with Crippen molar-refractivity contribution in [2.45, 2.75) is 39.5 Å². The molecule has 1 aromatic heterocycles. The van der Waals surface area contributed by atoms with Gasteiger partial charge in [0.15, 0.2) is 0 Å². The van der Waals surface area contributed by atoms with Crippen molar-refractivity contribution in [2.24, 2.45) is 0 Å². The summed E-state index contributed by atoms with van der Waals surface area (Å²) in [6.07, 6.45) is 0. The molecule has 0 aliphatic heterocycles. The smallest absolute Gasteiger partial charge is 0.124 e. The molecule has 2 rings (SSSR count). The van der Waals surface area contributed by atoms with E-state index < -0.39 is 0 Å². The van der Waals surface area contributed by atoms with E-state index in [0.717, 1.165) is 16.9 Å². The number of halogens is 1. The Morgan fingerprint density at radius 2 is 2.05 bits per heavy atom. The average molecular weight is 293 g/mol. The second kappa shape index (κ2) is 6.37. The second-order valence-corrected chi connectivity index (χ2v) is 6.56. The third-order valence-corrected chi connectivity index (χ3v) is 3.54. The first kappa shape index (κ1) is 15.0. The van der Waals surface area contributed by atoms with E-state index in [1.807, 2.05) is 11.4 Å². The largest absolute Gasteiger partial charge is 0.489 e. The highest BCUT2D eigenvalue weighted by molar-refractivity contribution is 7.07. The van der Waals surface area contributed by atoms with Crippen LogP contribution in [0.2, 0.25) is 0 Å². The average Bonchev–Trinajstić information content (AvgIpc) is 2.87. The van der Waals surface area contributed by atoms with Gasteiger partial charge >= 0.3 is 0 Å². The molecule has 2 nitrogen and oxygen atoms in total. The van der Waals surface area contributed by atoms with Crippen molar-refractivity contribution in [1.82, 2.24) is 5.32 Å². The summed E-state index contributed by atoms with van der Waals surface area (Å²) in [5.74, 6) is 0.493. The van der Waals surface area contributed by atoms with Gasteiger partial charge in [0.25, 0.3) is 0 Å². The molecule has 1 aromatic carbocycles. The monoisotopic (exact) mass is 293 g/mol. The quantitative estimate of drug-likeness (QED) is 0.884. The number of hydrogen-bond donors (Lipinski definition) is 1. The van der Waals surface area contributed by atoms with Crippen molar-refractivity contribution < 1.29 is 9.13 Å². The maximum Gasteiger partial charge on any atom is 0.124 e. The minimum Gasteiger partial charge on any atom is -0.489 e. The predicted octanol–water partition coefficient (Wildman–Crippen LogP) is 4.35. The highest BCUT2D eigenvalue weighted by Crippen LogP contribution is 2.22. The molecule has 0 fully saturated rings. The molecule has 20 heavy (non-hydrogen) atoms. The van der Waals surface area contributed by atoms with E-state index in [9.17, 15) is 4.39 Å². The van der Waals surface area contributed by atoms with Gasteiger partial charge in [0.05, 0.1) is 0 Å². The summed E-state index contributed by atoms with van der Waals surface area (Å²) in [4.78, 5) is 0. The molecule has 0 saturated carbocycles. The van der Waals surface area contributed by atoms with Crippen LogP contribution < -0.4 is 10.1 Å². The maximum atomic E-state index is 13.4. The number of thiophene rings is 1. The summed E-state index contributed by atoms with van der Waals surface area (Å²) in [6.45, 7) is 7.34. The van der Waals surface area contributed by atoms with E-state index in [0.29, 0.717) is 13.2 Å². The molecule has 0 aliphatic carbocycles. The van der Waals surface area contributed by atoms with Crippen molar-refractivity contribution in [3.8, 4) is 5.75 Å². The summed E-state index contributed by atoms with van der Waals surface area (Å²) in [5.41, 5.74) is 1.96. The highest BCUT2D eigenvalue weighted by atomic mass is 32.1. The van der Waals surface area contributed by atoms with Crippen molar-refractivity contribution in [1.29, 1.82) is 0 Å². The van der Waals surface area contributed by atoms with Crippen LogP contribution in [0.4, 0.5) is 4.39 Å². The van der Waals surface area contributed by atoms with Crippen LogP contribution in [-0.4, -0.2) is 5.54 Å². The van der Waals surface area contributed by atoms with Gasteiger partial charge in [0.2, 0.25) is 0 Å². The van der Waals surface area contributed by atoms with Gasteiger partial charge < -0.3 is 10.1 Å². The Kier molecular flexibility index (Phi) is 4.78. The van der Waals surface area contributed by atoms with Crippen molar-refractivity contribution in [3.05, 3.63) is 52.0 Å². The van der Waals surface area contributed by atoms with Gasteiger partial charge in [0.1, 0.15) is 18.2 Å². The maximum absolute atomic E-state index is 13.4. The Labute approximate surface area is 123 Å². The predicted molar refractivity (Wildman–Crippen MR) is 81.6 cm³/mol. The molecule has 0 radical (unpaired) electrons. The zero-order valence-electron chi connectivity index (χ0n) is 12.1. The van der Waals surface area contributed by atoms with E-state index in [4.69, 9.17) is 4.74 Å². The Morgan fingerprint density at radius 1 is 1.25 bits per heavy atom. The topological polar surface area (TPSA) is 21.3 Å². The van der Waals surface area contributed by atoms with Crippen LogP contribution >= 0.6 is 11.3 Å². The first-order valence-corrected chi connectivity index (χ1v) is 7.56. The molecular weight excluding hydrogens is 273 g/mol. The number of rotatable bonds is 5. The molecule has 1 N–H and O–H groups in total. The molecular formula is C16H20FNOS. The molecule has 0 saturated heterocycles. The lowest BCUT2D eigenvalue weighted by atomic mass is 10.1. The third kappa shape index (κ3) is 4.62. The minimum absolute atomic E-state index is 0.0169. The lowest BCUT2D eigenvalue weighted by Crippen LogP contribution is -2.35. The van der Waals surface area contributed by atoms with Gasteiger partial charge in [-0.25, -0.2) is 4.39 Å². The summed E-state index contributed by atoms with van der Waals surface area (Å²) < 4.78 is 19.2. The first-order valence-electron chi connectivity index (χ1n) is 6.61. The van der Waals surface area contributed by atoms with Gasteiger partial charge in [-0.05, 0) is 61.4 Å². The molecule has 2 aromatic rings. The van der Waals surface area contributed by atoms with E-state index in [2.05, 4.69) is 31.5 Å². The van der Waals surface area contributed by atoms with Crippen molar-refractivity contribution >= 4 is 11.3 Å². The summed E-state index contributed by atoms with van der Waals surface area (Å²) in [5, 5.41) is 7.43. The summed E-state index contributed by atoms with van der Waals surface area (Å²) in [6, 6.07) is 6.69. The van der Waals surface area contributed by atoms with Crippen molar-refractivity contribution in [3.63, 3.8) is 0 Å². The summed E-state index contributed by atoms with van der Waals surface area (Å²) >= 11 is 1.64. The van der Waals surface area contributed by atoms with Gasteiger partial charge in [0, 0.05) is 17.6 Å². The third-order valence-electron chi connectivity index (χ3n) is 2.81. The molecule has 1 heterocycles. The molecule has 108 valence electrons. The van der Waals surface area contributed by atoms with E-state index in [1.54, 1.807) is 17.4 Å². The molecule has 0 amide bonds. The van der Waals surface area contributed by atoms with Crippen LogP contribution in [-0.2, 0) is 13.2 Å². The Balaban J connectivity index is 2.07. The zero-order chi connectivity index (χ0) is 14.6. The van der Waals surface area contributed by atoms with Crippen LogP contribution in [0.15, 0.2) is 35.0 Å². The Morgan fingerprint density at radius 3 is 2.70 bits per heavy atom. The Hall–Kier alpha value is -1.39. The lowest BCUT2D eigenvalue weighted by Gasteiger charge is -2.21. The van der Waals surface area contributed by atoms with Crippen LogP contribution in [0, 0.1) is 5.82 Å². The fourth-order valence-electron chi connectivity index (χ4n) is 1.72. The normalized spacial score (nSPS) is 11.6. The van der Waals surface area contributed by atoms with Gasteiger partial charge in [-0.15, -0.1) is 0 Å². The van der Waals surface area contributed by atoms with Crippen LogP contribution in [0.25, 0.3) is 0 Å². The van der Waals surface area contributed by atoms with Crippen LogP contribution in [0.3, 0.4) is 0 Å². The number of ether oxygens (including phenoxy) is 1. The summed E-state index contributed by atoms with van der Waals surface area (Å²) in [7, 11) is 0. The first-order chi connectivity index (χ1) is 9.44. The van der Waals surface area contributed by atoms with E-state index in [-0.39, 0.29) is 11.4 Å². The van der Waals surface area contributed by atoms with Gasteiger partial charge in [-0.3, -0.25) is 0 Å². The molecule has 0 spiro atoms. The number of benzene rings is 1. The van der Waals surface area contributed by atoms with Gasteiger partial charge in [-0.2, -0.15) is 11.3 Å². The molecule has 0 bridgehead atoms. The van der Waals surface area contributed by atoms with Crippen LogP contribution in [0.1, 0.15) is 31.9 Å². The standard InChI is InChI=1S/C16H20FNOS/c1-16(2,3)18-9-13-8-14(17)4-5-15(13)19-10-12-6-7-20-11-12/h4-8,11,18H,9-10H2,1-3H3. The van der Waals surface area contributed by atoms with Crippen molar-refractivity contribution in [2.75, 3.05) is 0 Å². The molecule has 0 aliphatic rings. The van der Waals surface area contributed by atoms with E-state index in [1.165, 1.54) is 12.1 Å². The van der Waals surface area contributed by atoms with Gasteiger partial charge in [-0.1, -0.05) is 0 Å². The SMILES string of the molecule is CC(C)(C)NCc1cc(F)ccc1OCc1ccsc1. The van der Waals surface area contributed by atoms with E-state index >= 15 is 0 Å². The van der Waals surface area contributed by atoms with Crippen LogP contribution in [0.5, 0.6) is 5.75 Å². The second-order valence-electron chi connectivity index (χ2n) is 5.78. The Bertz CT molecular complexity index is 546. The fraction of sp³-hybridized carbons (Fsp3) is 0.375. The zero-order valence-corrected chi connectivity index (χ0v) is 12.9. The lowest BCUT2D eigenvalue weighted by molar-refractivity contribution is 0.300. The number of nitrogens with one attached hydrogen (secondary N) is 1. The minimum atomic E-state index is -0.237. The molecule has 0 unspecified atom stereocenters. The number of hydrogen-bond acceptors (Lipinski definition) is 3. The highest BCUT2D eigenvalue weighted by Gasteiger charge is 2.12. The molecule has 0 atom stereocenters.